The third-order valence-corrected chi connectivity index (χ3v) is 6.28. The molecule has 0 bridgehead atoms. The van der Waals surface area contributed by atoms with Crippen molar-refractivity contribution in [3.8, 4) is 23.3 Å². The average Bonchev–Trinajstić information content (AvgIpc) is 3.26. The summed E-state index contributed by atoms with van der Waals surface area (Å²) in [5.74, 6) is 1.44. The first-order valence-corrected chi connectivity index (χ1v) is 10.2. The number of nitriles is 1. The van der Waals surface area contributed by atoms with Crippen molar-refractivity contribution in [2.75, 3.05) is 13.9 Å². The number of hydrogen-bond donors (Lipinski definition) is 1. The lowest BCUT2D eigenvalue weighted by molar-refractivity contribution is -0.123. The number of allylic oxidation sites excluding steroid dienone is 4. The van der Waals surface area contributed by atoms with Gasteiger partial charge in [-0.3, -0.25) is 4.79 Å². The molecule has 31 heavy (non-hydrogen) atoms. The van der Waals surface area contributed by atoms with E-state index >= 15 is 0 Å². The molecule has 2 aromatic carbocycles. The van der Waals surface area contributed by atoms with Gasteiger partial charge >= 0.3 is 0 Å². The number of benzene rings is 2. The highest BCUT2D eigenvalue weighted by atomic mass is 16.7. The molecule has 2 heterocycles. The van der Waals surface area contributed by atoms with Crippen LogP contribution in [0, 0.1) is 17.2 Å². The minimum Gasteiger partial charge on any atom is -0.497 e. The maximum Gasteiger partial charge on any atom is 0.231 e. The monoisotopic (exact) mass is 414 g/mol. The third-order valence-electron chi connectivity index (χ3n) is 6.28. The molecule has 0 saturated carbocycles. The first-order valence-electron chi connectivity index (χ1n) is 10.2. The number of carbonyl (C=O) groups excluding carboxylic acids is 1. The van der Waals surface area contributed by atoms with Crippen molar-refractivity contribution in [1.82, 2.24) is 5.32 Å². The van der Waals surface area contributed by atoms with Crippen LogP contribution in [0.1, 0.15) is 36.3 Å². The standard InChI is InChI=1S/C25H22N2O4/c1-14-19(12-26)24(16-5-8-22-23(11-16)31-13-30-22)25-20(27-14)9-17(10-21(25)28)15-3-6-18(29-2)7-4-15/h3-9,11,17,24-25,27H,10,13H2,1-2H3. The molecule has 3 atom stereocenters. The zero-order valence-electron chi connectivity index (χ0n) is 17.3. The molecule has 3 unspecified atom stereocenters. The SMILES string of the molecule is COc1ccc(C2C=C3NC(C)=C(C#N)C(c4ccc5c(c4)OCO5)C3C(=O)C2)cc1. The van der Waals surface area contributed by atoms with E-state index in [0.29, 0.717) is 23.5 Å². The van der Waals surface area contributed by atoms with Gasteiger partial charge in [-0.05, 0) is 42.3 Å². The number of nitrogens with zero attached hydrogens (tertiary/aromatic N) is 1. The predicted octanol–water partition coefficient (Wildman–Crippen LogP) is 4.16. The number of ether oxygens (including phenoxy) is 3. The van der Waals surface area contributed by atoms with Crippen molar-refractivity contribution in [3.05, 3.63) is 76.6 Å². The van der Waals surface area contributed by atoms with Crippen molar-refractivity contribution < 1.29 is 19.0 Å². The van der Waals surface area contributed by atoms with Gasteiger partial charge < -0.3 is 19.5 Å². The Hall–Kier alpha value is -3.72. The van der Waals surface area contributed by atoms with Gasteiger partial charge in [-0.1, -0.05) is 24.3 Å². The Kier molecular flexibility index (Phi) is 4.67. The number of methoxy groups -OCH3 is 1. The third kappa shape index (κ3) is 3.23. The van der Waals surface area contributed by atoms with E-state index < -0.39 is 5.92 Å². The van der Waals surface area contributed by atoms with Crippen LogP contribution in [0.2, 0.25) is 0 Å². The van der Waals surface area contributed by atoms with Gasteiger partial charge in [0, 0.05) is 29.7 Å². The summed E-state index contributed by atoms with van der Waals surface area (Å²) < 4.78 is 16.2. The molecule has 0 radical (unpaired) electrons. The quantitative estimate of drug-likeness (QED) is 0.812. The zero-order chi connectivity index (χ0) is 21.5. The van der Waals surface area contributed by atoms with Crippen molar-refractivity contribution in [2.24, 2.45) is 5.92 Å². The summed E-state index contributed by atoms with van der Waals surface area (Å²) in [7, 11) is 1.63. The number of ketones is 1. The molecule has 5 rings (SSSR count). The maximum atomic E-state index is 13.4. The Bertz CT molecular complexity index is 1160. The van der Waals surface area contributed by atoms with Gasteiger partial charge in [0.2, 0.25) is 6.79 Å². The highest BCUT2D eigenvalue weighted by Gasteiger charge is 2.43. The largest absolute Gasteiger partial charge is 0.497 e. The Morgan fingerprint density at radius 3 is 2.55 bits per heavy atom. The molecule has 1 aliphatic carbocycles. The summed E-state index contributed by atoms with van der Waals surface area (Å²) >= 11 is 0. The van der Waals surface area contributed by atoms with Gasteiger partial charge in [0.05, 0.1) is 24.7 Å². The summed E-state index contributed by atoms with van der Waals surface area (Å²) in [4.78, 5) is 13.4. The van der Waals surface area contributed by atoms with E-state index in [-0.39, 0.29) is 24.4 Å². The topological polar surface area (TPSA) is 80.6 Å². The minimum atomic E-state index is -0.423. The van der Waals surface area contributed by atoms with E-state index in [1.54, 1.807) is 7.11 Å². The molecule has 6 nitrogen and oxygen atoms in total. The summed E-state index contributed by atoms with van der Waals surface area (Å²) in [6, 6.07) is 15.8. The molecule has 2 aromatic rings. The molecule has 156 valence electrons. The predicted molar refractivity (Wildman–Crippen MR) is 114 cm³/mol. The Morgan fingerprint density at radius 2 is 1.81 bits per heavy atom. The van der Waals surface area contributed by atoms with E-state index in [0.717, 1.165) is 28.3 Å². The molecule has 0 saturated heterocycles. The number of rotatable bonds is 3. The van der Waals surface area contributed by atoms with Gasteiger partial charge in [0.15, 0.2) is 11.5 Å². The molecule has 1 N–H and O–H groups in total. The average molecular weight is 414 g/mol. The highest BCUT2D eigenvalue weighted by molar-refractivity contribution is 5.88. The van der Waals surface area contributed by atoms with Gasteiger partial charge in [0.1, 0.15) is 11.5 Å². The van der Waals surface area contributed by atoms with Crippen LogP contribution in [-0.2, 0) is 4.79 Å². The van der Waals surface area contributed by atoms with Crippen molar-refractivity contribution in [3.63, 3.8) is 0 Å². The lowest BCUT2D eigenvalue weighted by Crippen LogP contribution is -2.39. The van der Waals surface area contributed by atoms with Crippen LogP contribution < -0.4 is 19.5 Å². The number of Topliss-reactive ketones (excluding diaryl/α,β-unsaturated/α-hetero) is 1. The Morgan fingerprint density at radius 1 is 1.06 bits per heavy atom. The summed E-state index contributed by atoms with van der Waals surface area (Å²) in [5.41, 5.74) is 4.16. The fraction of sp³-hybridized carbons (Fsp3) is 0.280. The van der Waals surface area contributed by atoms with E-state index in [1.165, 1.54) is 0 Å². The van der Waals surface area contributed by atoms with Crippen LogP contribution in [0.5, 0.6) is 17.2 Å². The van der Waals surface area contributed by atoms with Crippen LogP contribution in [0.15, 0.2) is 65.5 Å². The molecule has 3 aliphatic rings. The molecular weight excluding hydrogens is 392 g/mol. The lowest BCUT2D eigenvalue weighted by Gasteiger charge is -2.38. The van der Waals surface area contributed by atoms with Gasteiger partial charge in [-0.25, -0.2) is 0 Å². The van der Waals surface area contributed by atoms with Crippen LogP contribution in [0.25, 0.3) is 0 Å². The molecule has 0 aromatic heterocycles. The van der Waals surface area contributed by atoms with Crippen LogP contribution in [-0.4, -0.2) is 19.7 Å². The minimum absolute atomic E-state index is 0.0222. The molecule has 0 amide bonds. The van der Waals surface area contributed by atoms with E-state index in [2.05, 4.69) is 17.5 Å². The van der Waals surface area contributed by atoms with Gasteiger partial charge in [-0.2, -0.15) is 5.26 Å². The Labute approximate surface area is 180 Å². The number of carbonyl (C=O) groups is 1. The Balaban J connectivity index is 1.56. The summed E-state index contributed by atoms with van der Waals surface area (Å²) in [6.45, 7) is 2.07. The van der Waals surface area contributed by atoms with Crippen LogP contribution >= 0.6 is 0 Å². The second-order valence-electron chi connectivity index (χ2n) is 8.02. The van der Waals surface area contributed by atoms with Crippen molar-refractivity contribution in [1.29, 1.82) is 5.26 Å². The number of fused-ring (bicyclic) bond motifs is 2. The van der Waals surface area contributed by atoms with E-state index in [1.807, 2.05) is 49.4 Å². The second kappa shape index (κ2) is 7.51. The fourth-order valence-electron chi connectivity index (χ4n) is 4.75. The van der Waals surface area contributed by atoms with Gasteiger partial charge in [0.25, 0.3) is 0 Å². The zero-order valence-corrected chi connectivity index (χ0v) is 17.3. The fourth-order valence-corrected chi connectivity index (χ4v) is 4.75. The van der Waals surface area contributed by atoms with Crippen molar-refractivity contribution in [2.45, 2.75) is 25.2 Å². The maximum absolute atomic E-state index is 13.4. The number of nitrogens with one attached hydrogen (secondary N) is 1. The normalized spacial score (nSPS) is 24.1. The second-order valence-corrected chi connectivity index (χ2v) is 8.02. The first-order chi connectivity index (χ1) is 15.1. The smallest absolute Gasteiger partial charge is 0.231 e. The molecular formula is C25H22N2O4. The van der Waals surface area contributed by atoms with Gasteiger partial charge in [-0.15, -0.1) is 0 Å². The van der Waals surface area contributed by atoms with E-state index in [4.69, 9.17) is 14.2 Å². The highest BCUT2D eigenvalue weighted by Crippen LogP contribution is 2.47. The molecule has 0 spiro atoms. The number of hydrogen-bond acceptors (Lipinski definition) is 6. The first kappa shape index (κ1) is 19.3. The summed E-state index contributed by atoms with van der Waals surface area (Å²) in [5, 5.41) is 13.2. The van der Waals surface area contributed by atoms with Crippen LogP contribution in [0.4, 0.5) is 0 Å². The molecule has 2 aliphatic heterocycles. The van der Waals surface area contributed by atoms with Crippen LogP contribution in [0.3, 0.4) is 0 Å². The lowest BCUT2D eigenvalue weighted by atomic mass is 9.69. The van der Waals surface area contributed by atoms with E-state index in [9.17, 15) is 10.1 Å². The molecule has 6 heteroatoms. The molecule has 0 fully saturated rings. The van der Waals surface area contributed by atoms with Crippen molar-refractivity contribution >= 4 is 5.78 Å². The summed E-state index contributed by atoms with van der Waals surface area (Å²) in [6.07, 6.45) is 2.52.